The number of amides is 2. The summed E-state index contributed by atoms with van der Waals surface area (Å²) in [6.07, 6.45) is 4.43. The SMILES string of the molecule is CC(=O)N1CC(=O)N(c2cnn(C)c2)CC12CCN(Cc1ccccc1)C2. The Morgan fingerprint density at radius 1 is 1.22 bits per heavy atom. The van der Waals surface area contributed by atoms with Gasteiger partial charge in [0.15, 0.2) is 0 Å². The first kappa shape index (κ1) is 17.7. The molecule has 142 valence electrons. The van der Waals surface area contributed by atoms with Crippen molar-refractivity contribution in [2.45, 2.75) is 25.4 Å². The number of likely N-dealkylation sites (tertiary alicyclic amines) is 1. The number of carbonyl (C=O) groups is 2. The molecule has 1 spiro atoms. The molecule has 1 aromatic heterocycles. The first-order chi connectivity index (χ1) is 13.0. The summed E-state index contributed by atoms with van der Waals surface area (Å²) in [5, 5.41) is 4.20. The number of hydrogen-bond acceptors (Lipinski definition) is 4. The maximum atomic E-state index is 12.7. The van der Waals surface area contributed by atoms with Crippen LogP contribution in [-0.2, 0) is 23.2 Å². The average molecular weight is 367 g/mol. The van der Waals surface area contributed by atoms with Crippen molar-refractivity contribution in [2.75, 3.05) is 31.1 Å². The fourth-order valence-electron chi connectivity index (χ4n) is 4.35. The molecule has 0 saturated carbocycles. The third kappa shape index (κ3) is 3.35. The van der Waals surface area contributed by atoms with E-state index < -0.39 is 0 Å². The van der Waals surface area contributed by atoms with Crippen LogP contribution in [0.1, 0.15) is 18.9 Å². The molecule has 7 nitrogen and oxygen atoms in total. The Kier molecular flexibility index (Phi) is 4.47. The van der Waals surface area contributed by atoms with Gasteiger partial charge in [-0.2, -0.15) is 5.10 Å². The second-order valence-electron chi connectivity index (χ2n) is 7.63. The lowest BCUT2D eigenvalue weighted by atomic mass is 9.92. The van der Waals surface area contributed by atoms with Gasteiger partial charge in [0.1, 0.15) is 6.54 Å². The maximum Gasteiger partial charge on any atom is 0.246 e. The number of carbonyl (C=O) groups excluding carboxylic acids is 2. The van der Waals surface area contributed by atoms with E-state index in [0.29, 0.717) is 6.54 Å². The predicted molar refractivity (Wildman–Crippen MR) is 102 cm³/mol. The van der Waals surface area contributed by atoms with Gasteiger partial charge in [0, 0.05) is 39.8 Å². The number of aryl methyl sites for hydroxylation is 1. The van der Waals surface area contributed by atoms with E-state index in [-0.39, 0.29) is 23.9 Å². The maximum absolute atomic E-state index is 12.7. The van der Waals surface area contributed by atoms with Crippen molar-refractivity contribution in [3.05, 3.63) is 48.3 Å². The van der Waals surface area contributed by atoms with Crippen molar-refractivity contribution in [3.63, 3.8) is 0 Å². The zero-order valence-electron chi connectivity index (χ0n) is 15.8. The van der Waals surface area contributed by atoms with Gasteiger partial charge in [-0.05, 0) is 12.0 Å². The number of aromatic nitrogens is 2. The molecule has 0 aliphatic carbocycles. The molecule has 2 fully saturated rings. The predicted octanol–water partition coefficient (Wildman–Crippen LogP) is 1.26. The van der Waals surface area contributed by atoms with E-state index in [9.17, 15) is 9.59 Å². The molecule has 1 unspecified atom stereocenters. The van der Waals surface area contributed by atoms with Crippen LogP contribution in [0.2, 0.25) is 0 Å². The molecule has 2 aliphatic rings. The summed E-state index contributed by atoms with van der Waals surface area (Å²) in [5.74, 6) is -0.0823. The summed E-state index contributed by atoms with van der Waals surface area (Å²) in [7, 11) is 1.84. The quantitative estimate of drug-likeness (QED) is 0.819. The van der Waals surface area contributed by atoms with Crippen molar-refractivity contribution >= 4 is 17.5 Å². The van der Waals surface area contributed by atoms with Crippen LogP contribution in [-0.4, -0.2) is 63.1 Å². The minimum Gasteiger partial charge on any atom is -0.325 e. The molecule has 27 heavy (non-hydrogen) atoms. The number of hydrogen-bond donors (Lipinski definition) is 0. The van der Waals surface area contributed by atoms with Crippen LogP contribution in [0.3, 0.4) is 0 Å². The fourth-order valence-corrected chi connectivity index (χ4v) is 4.35. The Morgan fingerprint density at radius 2 is 2.00 bits per heavy atom. The minimum absolute atomic E-state index is 0.0317. The highest BCUT2D eigenvalue weighted by Gasteiger charge is 2.50. The zero-order chi connectivity index (χ0) is 19.0. The second-order valence-corrected chi connectivity index (χ2v) is 7.63. The number of nitrogens with zero attached hydrogens (tertiary/aromatic N) is 5. The number of rotatable bonds is 3. The van der Waals surface area contributed by atoms with Crippen LogP contribution in [0.25, 0.3) is 0 Å². The molecule has 7 heteroatoms. The van der Waals surface area contributed by atoms with E-state index >= 15 is 0 Å². The van der Waals surface area contributed by atoms with E-state index in [1.807, 2.05) is 31.4 Å². The highest BCUT2D eigenvalue weighted by Crippen LogP contribution is 2.35. The fraction of sp³-hybridized carbons (Fsp3) is 0.450. The van der Waals surface area contributed by atoms with Crippen molar-refractivity contribution in [2.24, 2.45) is 7.05 Å². The Bertz CT molecular complexity index is 849. The third-order valence-corrected chi connectivity index (χ3v) is 5.66. The van der Waals surface area contributed by atoms with Gasteiger partial charge in [0.2, 0.25) is 11.8 Å². The van der Waals surface area contributed by atoms with Gasteiger partial charge in [-0.3, -0.25) is 19.2 Å². The van der Waals surface area contributed by atoms with Crippen LogP contribution in [0.5, 0.6) is 0 Å². The highest BCUT2D eigenvalue weighted by molar-refractivity contribution is 5.98. The van der Waals surface area contributed by atoms with Gasteiger partial charge in [0.25, 0.3) is 0 Å². The van der Waals surface area contributed by atoms with Crippen LogP contribution in [0.15, 0.2) is 42.7 Å². The summed E-state index contributed by atoms with van der Waals surface area (Å²) in [6.45, 7) is 4.74. The second kappa shape index (κ2) is 6.81. The monoisotopic (exact) mass is 367 g/mol. The Labute approximate surface area is 159 Å². The van der Waals surface area contributed by atoms with Gasteiger partial charge < -0.3 is 9.80 Å². The standard InChI is InChI=1S/C20H25N5O2/c1-16(26)25-13-19(27)24(18-10-21-22(2)12-18)15-20(25)8-9-23(14-20)11-17-6-4-3-5-7-17/h3-7,10,12H,8-9,11,13-15H2,1-2H3. The molecule has 1 atom stereocenters. The average Bonchev–Trinajstić information content (AvgIpc) is 3.24. The van der Waals surface area contributed by atoms with Crippen LogP contribution < -0.4 is 4.90 Å². The highest BCUT2D eigenvalue weighted by atomic mass is 16.2. The minimum atomic E-state index is -0.343. The third-order valence-electron chi connectivity index (χ3n) is 5.66. The number of anilines is 1. The molecule has 1 aromatic carbocycles. The molecule has 0 radical (unpaired) electrons. The molecule has 2 aromatic rings. The van der Waals surface area contributed by atoms with E-state index in [4.69, 9.17) is 0 Å². The van der Waals surface area contributed by atoms with Crippen molar-refractivity contribution in [3.8, 4) is 0 Å². The molecule has 0 N–H and O–H groups in total. The Morgan fingerprint density at radius 3 is 2.67 bits per heavy atom. The van der Waals surface area contributed by atoms with Crippen LogP contribution in [0.4, 0.5) is 5.69 Å². The lowest BCUT2D eigenvalue weighted by molar-refractivity contribution is -0.142. The smallest absolute Gasteiger partial charge is 0.246 e. The van der Waals surface area contributed by atoms with Crippen LogP contribution >= 0.6 is 0 Å². The van der Waals surface area contributed by atoms with E-state index in [1.165, 1.54) is 5.56 Å². The van der Waals surface area contributed by atoms with Crippen molar-refractivity contribution < 1.29 is 9.59 Å². The van der Waals surface area contributed by atoms with Gasteiger partial charge in [-0.15, -0.1) is 0 Å². The zero-order valence-corrected chi connectivity index (χ0v) is 15.8. The molecule has 0 bridgehead atoms. The largest absolute Gasteiger partial charge is 0.325 e. The summed E-state index contributed by atoms with van der Waals surface area (Å²) < 4.78 is 1.70. The number of benzene rings is 1. The van der Waals surface area contributed by atoms with Gasteiger partial charge in [-0.25, -0.2) is 0 Å². The Balaban J connectivity index is 1.58. The van der Waals surface area contributed by atoms with Gasteiger partial charge in [-0.1, -0.05) is 30.3 Å². The normalized spacial score (nSPS) is 23.4. The molecule has 2 aliphatic heterocycles. The van der Waals surface area contributed by atoms with Gasteiger partial charge >= 0.3 is 0 Å². The first-order valence-corrected chi connectivity index (χ1v) is 9.30. The summed E-state index contributed by atoms with van der Waals surface area (Å²) in [6, 6.07) is 10.4. The molecule has 2 amide bonds. The van der Waals surface area contributed by atoms with Gasteiger partial charge in [0.05, 0.1) is 24.0 Å². The molecule has 2 saturated heterocycles. The van der Waals surface area contributed by atoms with Crippen LogP contribution in [0, 0.1) is 0 Å². The summed E-state index contributed by atoms with van der Waals surface area (Å²) in [5.41, 5.74) is 1.72. The van der Waals surface area contributed by atoms with E-state index in [0.717, 1.165) is 31.7 Å². The summed E-state index contributed by atoms with van der Waals surface area (Å²) >= 11 is 0. The van der Waals surface area contributed by atoms with E-state index in [2.05, 4.69) is 22.1 Å². The molecular formula is C20H25N5O2. The van der Waals surface area contributed by atoms with Crippen molar-refractivity contribution in [1.29, 1.82) is 0 Å². The number of piperazine rings is 1. The molecular weight excluding hydrogens is 342 g/mol. The van der Waals surface area contributed by atoms with Crippen molar-refractivity contribution in [1.82, 2.24) is 19.6 Å². The topological polar surface area (TPSA) is 61.7 Å². The lowest BCUT2D eigenvalue weighted by Gasteiger charge is -2.48. The lowest BCUT2D eigenvalue weighted by Crippen LogP contribution is -2.66. The summed E-state index contributed by atoms with van der Waals surface area (Å²) in [4.78, 5) is 31.0. The Hall–Kier alpha value is -2.67. The molecule has 4 rings (SSSR count). The van der Waals surface area contributed by atoms with E-state index in [1.54, 1.807) is 27.6 Å². The molecule has 3 heterocycles. The first-order valence-electron chi connectivity index (χ1n) is 9.30.